The molecule has 0 aromatic heterocycles. The molecule has 20 heavy (non-hydrogen) atoms. The van der Waals surface area contributed by atoms with Crippen LogP contribution in [0.5, 0.6) is 5.75 Å². The van der Waals surface area contributed by atoms with E-state index < -0.39 is 0 Å². The van der Waals surface area contributed by atoms with Gasteiger partial charge in [-0.3, -0.25) is 4.90 Å². The van der Waals surface area contributed by atoms with Gasteiger partial charge in [0, 0.05) is 25.2 Å². The van der Waals surface area contributed by atoms with Crippen LogP contribution in [0.4, 0.5) is 0 Å². The van der Waals surface area contributed by atoms with E-state index in [0.29, 0.717) is 12.1 Å². The Bertz CT molecular complexity index is 406. The van der Waals surface area contributed by atoms with Crippen molar-refractivity contribution < 1.29 is 4.74 Å². The molecule has 1 fully saturated rings. The lowest BCUT2D eigenvalue weighted by Gasteiger charge is -2.36. The number of hydrogen-bond acceptors (Lipinski definition) is 3. The quantitative estimate of drug-likeness (QED) is 0.864. The number of nitrogens with zero attached hydrogens (tertiary/aromatic N) is 1. The normalized spacial score (nSPS) is 20.3. The third kappa shape index (κ3) is 4.50. The summed E-state index contributed by atoms with van der Waals surface area (Å²) in [6, 6.07) is 9.68. The van der Waals surface area contributed by atoms with Gasteiger partial charge in [0.15, 0.2) is 0 Å². The zero-order valence-electron chi connectivity index (χ0n) is 13.1. The maximum Gasteiger partial charge on any atom is 0.119 e. The number of likely N-dealkylation sites (tertiary alicyclic amines) is 1. The van der Waals surface area contributed by atoms with E-state index in [1.54, 1.807) is 7.11 Å². The number of ether oxygens (including phenoxy) is 1. The van der Waals surface area contributed by atoms with Gasteiger partial charge in [0.25, 0.3) is 0 Å². The molecule has 1 aromatic rings. The summed E-state index contributed by atoms with van der Waals surface area (Å²) in [7, 11) is 1.73. The molecule has 1 N–H and O–H groups in total. The molecule has 1 atom stereocenters. The monoisotopic (exact) mass is 276 g/mol. The largest absolute Gasteiger partial charge is 0.497 e. The van der Waals surface area contributed by atoms with Gasteiger partial charge in [-0.25, -0.2) is 0 Å². The molecule has 0 amide bonds. The predicted molar refractivity (Wildman–Crippen MR) is 84.2 cm³/mol. The molecule has 0 saturated carbocycles. The van der Waals surface area contributed by atoms with Gasteiger partial charge in [-0.15, -0.1) is 0 Å². The Hall–Kier alpha value is -1.06. The molecule has 1 heterocycles. The maximum absolute atomic E-state index is 5.32. The Balaban J connectivity index is 1.96. The SMILES string of the molecule is COc1cccc(CN2CCCCC2CNC(C)C)c1. The van der Waals surface area contributed by atoms with Crippen molar-refractivity contribution in [3.05, 3.63) is 29.8 Å². The summed E-state index contributed by atoms with van der Waals surface area (Å²) >= 11 is 0. The van der Waals surface area contributed by atoms with Crippen LogP contribution in [-0.4, -0.2) is 37.2 Å². The second kappa shape index (κ2) is 7.65. The highest BCUT2D eigenvalue weighted by molar-refractivity contribution is 5.28. The number of piperidine rings is 1. The summed E-state index contributed by atoms with van der Waals surface area (Å²) < 4.78 is 5.32. The summed E-state index contributed by atoms with van der Waals surface area (Å²) in [6.07, 6.45) is 3.99. The lowest BCUT2D eigenvalue weighted by Crippen LogP contribution is -2.46. The zero-order valence-corrected chi connectivity index (χ0v) is 13.1. The van der Waals surface area contributed by atoms with Crippen molar-refractivity contribution in [1.29, 1.82) is 0 Å². The van der Waals surface area contributed by atoms with Crippen LogP contribution in [0.15, 0.2) is 24.3 Å². The van der Waals surface area contributed by atoms with Crippen LogP contribution in [0.25, 0.3) is 0 Å². The van der Waals surface area contributed by atoms with Gasteiger partial charge in [0.2, 0.25) is 0 Å². The Morgan fingerprint density at radius 2 is 2.20 bits per heavy atom. The van der Waals surface area contributed by atoms with Crippen molar-refractivity contribution in [3.8, 4) is 5.75 Å². The van der Waals surface area contributed by atoms with Gasteiger partial charge in [-0.2, -0.15) is 0 Å². The molecule has 0 aliphatic carbocycles. The van der Waals surface area contributed by atoms with E-state index in [4.69, 9.17) is 4.74 Å². The van der Waals surface area contributed by atoms with E-state index in [-0.39, 0.29) is 0 Å². The van der Waals surface area contributed by atoms with E-state index in [1.165, 1.54) is 31.4 Å². The molecular formula is C17H28N2O. The molecule has 1 saturated heterocycles. The van der Waals surface area contributed by atoms with Gasteiger partial charge in [-0.1, -0.05) is 32.4 Å². The van der Waals surface area contributed by atoms with Gasteiger partial charge >= 0.3 is 0 Å². The van der Waals surface area contributed by atoms with Crippen molar-refractivity contribution in [3.63, 3.8) is 0 Å². The predicted octanol–water partition coefficient (Wildman–Crippen LogP) is 3.05. The minimum atomic E-state index is 0.565. The highest BCUT2D eigenvalue weighted by atomic mass is 16.5. The van der Waals surface area contributed by atoms with Crippen LogP contribution >= 0.6 is 0 Å². The van der Waals surface area contributed by atoms with Crippen LogP contribution < -0.4 is 10.1 Å². The van der Waals surface area contributed by atoms with Crippen molar-refractivity contribution in [2.45, 2.75) is 51.7 Å². The van der Waals surface area contributed by atoms with Gasteiger partial charge in [0.1, 0.15) is 5.75 Å². The molecule has 2 rings (SSSR count). The average molecular weight is 276 g/mol. The first-order chi connectivity index (χ1) is 9.69. The van der Waals surface area contributed by atoms with Crippen molar-refractivity contribution in [2.24, 2.45) is 0 Å². The molecule has 1 aromatic carbocycles. The molecule has 3 heteroatoms. The molecule has 0 radical (unpaired) electrons. The van der Waals surface area contributed by atoms with Crippen LogP contribution in [0.1, 0.15) is 38.7 Å². The molecular weight excluding hydrogens is 248 g/mol. The Kier molecular flexibility index (Phi) is 5.86. The van der Waals surface area contributed by atoms with Crippen LogP contribution in [0, 0.1) is 0 Å². The van der Waals surface area contributed by atoms with E-state index in [2.05, 4.69) is 42.3 Å². The van der Waals surface area contributed by atoms with Crippen LogP contribution in [0.2, 0.25) is 0 Å². The van der Waals surface area contributed by atoms with Crippen molar-refractivity contribution >= 4 is 0 Å². The second-order valence-corrected chi connectivity index (χ2v) is 6.03. The van der Waals surface area contributed by atoms with Crippen molar-refractivity contribution in [1.82, 2.24) is 10.2 Å². The minimum Gasteiger partial charge on any atom is -0.497 e. The first-order valence-corrected chi connectivity index (χ1v) is 7.79. The molecule has 1 unspecified atom stereocenters. The van der Waals surface area contributed by atoms with Crippen LogP contribution in [-0.2, 0) is 6.54 Å². The van der Waals surface area contributed by atoms with Gasteiger partial charge in [-0.05, 0) is 37.1 Å². The highest BCUT2D eigenvalue weighted by Gasteiger charge is 2.22. The fraction of sp³-hybridized carbons (Fsp3) is 0.647. The third-order valence-electron chi connectivity index (χ3n) is 4.03. The lowest BCUT2D eigenvalue weighted by molar-refractivity contribution is 0.135. The third-order valence-corrected chi connectivity index (χ3v) is 4.03. The minimum absolute atomic E-state index is 0.565. The highest BCUT2D eigenvalue weighted by Crippen LogP contribution is 2.21. The fourth-order valence-electron chi connectivity index (χ4n) is 2.88. The molecule has 1 aliphatic rings. The second-order valence-electron chi connectivity index (χ2n) is 6.03. The summed E-state index contributed by atoms with van der Waals surface area (Å²) in [5.74, 6) is 0.955. The number of nitrogens with one attached hydrogen (secondary N) is 1. The Morgan fingerprint density at radius 1 is 1.35 bits per heavy atom. The molecule has 112 valence electrons. The first-order valence-electron chi connectivity index (χ1n) is 7.79. The first kappa shape index (κ1) is 15.3. The molecule has 1 aliphatic heterocycles. The zero-order chi connectivity index (χ0) is 14.4. The summed E-state index contributed by atoms with van der Waals surface area (Å²) in [5.41, 5.74) is 1.35. The van der Waals surface area contributed by atoms with E-state index in [0.717, 1.165) is 18.8 Å². The smallest absolute Gasteiger partial charge is 0.119 e. The van der Waals surface area contributed by atoms with Crippen molar-refractivity contribution in [2.75, 3.05) is 20.2 Å². The fourth-order valence-corrected chi connectivity index (χ4v) is 2.88. The number of hydrogen-bond donors (Lipinski definition) is 1. The summed E-state index contributed by atoms with van der Waals surface area (Å²) in [4.78, 5) is 2.62. The maximum atomic E-state index is 5.32. The molecule has 0 spiro atoms. The molecule has 3 nitrogen and oxygen atoms in total. The number of benzene rings is 1. The van der Waals surface area contributed by atoms with Crippen LogP contribution in [0.3, 0.4) is 0 Å². The number of methoxy groups -OCH3 is 1. The van der Waals surface area contributed by atoms with Gasteiger partial charge < -0.3 is 10.1 Å². The summed E-state index contributed by atoms with van der Waals surface area (Å²) in [5, 5.41) is 3.59. The average Bonchev–Trinajstić information content (AvgIpc) is 2.46. The lowest BCUT2D eigenvalue weighted by atomic mass is 10.0. The standard InChI is InChI=1S/C17H28N2O/c1-14(2)18-12-16-8-4-5-10-19(16)13-15-7-6-9-17(11-15)20-3/h6-7,9,11,14,16,18H,4-5,8,10,12-13H2,1-3H3. The van der Waals surface area contributed by atoms with E-state index in [9.17, 15) is 0 Å². The molecule has 0 bridgehead atoms. The van der Waals surface area contributed by atoms with E-state index >= 15 is 0 Å². The van der Waals surface area contributed by atoms with E-state index in [1.807, 2.05) is 6.07 Å². The Labute approximate surface area is 123 Å². The summed E-state index contributed by atoms with van der Waals surface area (Å²) in [6.45, 7) is 7.77. The van der Waals surface area contributed by atoms with Gasteiger partial charge in [0.05, 0.1) is 7.11 Å². The topological polar surface area (TPSA) is 24.5 Å². The number of rotatable bonds is 6. The Morgan fingerprint density at radius 3 is 2.95 bits per heavy atom.